The van der Waals surface area contributed by atoms with E-state index in [4.69, 9.17) is 19.3 Å². The Balaban J connectivity index is 2.02. The van der Waals surface area contributed by atoms with Gasteiger partial charge in [-0.05, 0) is 25.0 Å². The summed E-state index contributed by atoms with van der Waals surface area (Å²) in [6, 6.07) is 6.75. The van der Waals surface area contributed by atoms with Crippen molar-refractivity contribution >= 4 is 11.9 Å². The van der Waals surface area contributed by atoms with Gasteiger partial charge in [0.2, 0.25) is 0 Å². The summed E-state index contributed by atoms with van der Waals surface area (Å²) in [5, 5.41) is 11.6. The highest BCUT2D eigenvalue weighted by molar-refractivity contribution is 5.97. The van der Waals surface area contributed by atoms with Crippen molar-refractivity contribution in [3.63, 3.8) is 0 Å². The number of rotatable bonds is 8. The maximum atomic E-state index is 12.6. The van der Waals surface area contributed by atoms with E-state index >= 15 is 0 Å². The van der Waals surface area contributed by atoms with Crippen molar-refractivity contribution in [2.75, 3.05) is 26.4 Å². The first-order valence-electron chi connectivity index (χ1n) is 8.05. The molecule has 2 N–H and O–H groups in total. The second kappa shape index (κ2) is 9.24. The van der Waals surface area contributed by atoms with Crippen LogP contribution in [-0.4, -0.2) is 55.6 Å². The number of para-hydroxylation sites is 1. The summed E-state index contributed by atoms with van der Waals surface area (Å²) in [5.41, 5.74) is 0.453. The van der Waals surface area contributed by atoms with Crippen LogP contribution in [0.1, 0.15) is 30.1 Å². The molecule has 0 saturated carbocycles. The molecule has 1 aromatic rings. The third-order valence-corrected chi connectivity index (χ3v) is 3.63. The van der Waals surface area contributed by atoms with Gasteiger partial charge in [0.1, 0.15) is 18.5 Å². The number of amides is 1. The smallest absolute Gasteiger partial charge is 0.329 e. The monoisotopic (exact) mass is 337 g/mol. The molecule has 7 heteroatoms. The van der Waals surface area contributed by atoms with Crippen LogP contribution in [0.4, 0.5) is 0 Å². The van der Waals surface area contributed by atoms with Crippen molar-refractivity contribution in [3.05, 3.63) is 29.8 Å². The van der Waals surface area contributed by atoms with Gasteiger partial charge in [0, 0.05) is 6.61 Å². The second-order valence-corrected chi connectivity index (χ2v) is 5.53. The van der Waals surface area contributed by atoms with E-state index in [2.05, 4.69) is 5.32 Å². The fourth-order valence-corrected chi connectivity index (χ4v) is 2.46. The third-order valence-electron chi connectivity index (χ3n) is 3.63. The summed E-state index contributed by atoms with van der Waals surface area (Å²) in [5.74, 6) is -0.784. The molecule has 132 valence electrons. The third kappa shape index (κ3) is 5.21. The van der Waals surface area contributed by atoms with Crippen LogP contribution in [0.3, 0.4) is 0 Å². The van der Waals surface area contributed by atoms with Gasteiger partial charge in [0.05, 0.1) is 24.8 Å². The molecule has 1 aliphatic heterocycles. The van der Waals surface area contributed by atoms with E-state index in [0.29, 0.717) is 30.9 Å². The van der Waals surface area contributed by atoms with Crippen LogP contribution < -0.4 is 10.1 Å². The van der Waals surface area contributed by atoms with Gasteiger partial charge in [0.15, 0.2) is 0 Å². The predicted molar refractivity (Wildman–Crippen MR) is 86.3 cm³/mol. The minimum atomic E-state index is -1.05. The molecule has 24 heavy (non-hydrogen) atoms. The molecule has 1 amide bonds. The predicted octanol–water partition coefficient (Wildman–Crippen LogP) is 1.46. The summed E-state index contributed by atoms with van der Waals surface area (Å²) in [6.07, 6.45) is 0.928. The molecule has 0 aliphatic carbocycles. The van der Waals surface area contributed by atoms with Gasteiger partial charge in [-0.1, -0.05) is 19.1 Å². The van der Waals surface area contributed by atoms with E-state index in [1.807, 2.05) is 13.0 Å². The van der Waals surface area contributed by atoms with Crippen LogP contribution in [0, 0.1) is 0 Å². The highest BCUT2D eigenvalue weighted by atomic mass is 16.5. The average Bonchev–Trinajstić information content (AvgIpc) is 2.59. The Morgan fingerprint density at radius 1 is 1.38 bits per heavy atom. The molecule has 2 atom stereocenters. The van der Waals surface area contributed by atoms with Gasteiger partial charge in [-0.3, -0.25) is 4.79 Å². The Morgan fingerprint density at radius 2 is 2.17 bits per heavy atom. The maximum Gasteiger partial charge on any atom is 0.329 e. The minimum absolute atomic E-state index is 0.256. The van der Waals surface area contributed by atoms with Crippen LogP contribution >= 0.6 is 0 Å². The fraction of sp³-hybridized carbons (Fsp3) is 0.529. The average molecular weight is 337 g/mol. The molecule has 1 saturated heterocycles. The van der Waals surface area contributed by atoms with E-state index in [0.717, 1.165) is 6.42 Å². The first-order valence-corrected chi connectivity index (χ1v) is 8.05. The molecule has 1 heterocycles. The normalized spacial score (nSPS) is 20.4. The van der Waals surface area contributed by atoms with Crippen LogP contribution in [0.2, 0.25) is 0 Å². The van der Waals surface area contributed by atoms with Crippen molar-refractivity contribution in [1.82, 2.24) is 5.32 Å². The van der Waals surface area contributed by atoms with Crippen LogP contribution in [0.25, 0.3) is 0 Å². The standard InChI is InChI=1S/C17H23NO6/c1-2-8-23-14-6-4-3-5-12(14)17(21)18-13-7-9-22-10-15(13)24-11-16(19)20/h3-6,13,15H,2,7-11H2,1H3,(H,18,21)(H,19,20)/t13-,15-/m1/s1. The van der Waals surface area contributed by atoms with Crippen molar-refractivity contribution in [2.24, 2.45) is 0 Å². The van der Waals surface area contributed by atoms with Gasteiger partial charge in [-0.15, -0.1) is 0 Å². The summed E-state index contributed by atoms with van der Waals surface area (Å²) in [7, 11) is 0. The van der Waals surface area contributed by atoms with Gasteiger partial charge in [-0.25, -0.2) is 4.79 Å². The maximum absolute atomic E-state index is 12.6. The van der Waals surface area contributed by atoms with Gasteiger partial charge >= 0.3 is 5.97 Å². The molecule has 1 aromatic carbocycles. The lowest BCUT2D eigenvalue weighted by molar-refractivity contribution is -0.148. The Morgan fingerprint density at radius 3 is 2.92 bits per heavy atom. The van der Waals surface area contributed by atoms with Crippen LogP contribution in [-0.2, 0) is 14.3 Å². The van der Waals surface area contributed by atoms with Crippen molar-refractivity contribution in [2.45, 2.75) is 31.9 Å². The Hall–Kier alpha value is -2.12. The Labute approximate surface area is 140 Å². The number of aliphatic carboxylic acids is 1. The molecular weight excluding hydrogens is 314 g/mol. The number of carbonyl (C=O) groups is 2. The number of carboxylic acids is 1. The van der Waals surface area contributed by atoms with Crippen LogP contribution in [0.15, 0.2) is 24.3 Å². The number of nitrogens with one attached hydrogen (secondary N) is 1. The van der Waals surface area contributed by atoms with E-state index in [1.54, 1.807) is 18.2 Å². The molecule has 0 aromatic heterocycles. The lowest BCUT2D eigenvalue weighted by Crippen LogP contribution is -2.50. The molecule has 0 bridgehead atoms. The minimum Gasteiger partial charge on any atom is -0.493 e. The number of carboxylic acid groups (broad SMARTS) is 1. The molecular formula is C17H23NO6. The zero-order valence-electron chi connectivity index (χ0n) is 13.7. The number of ether oxygens (including phenoxy) is 3. The quantitative estimate of drug-likeness (QED) is 0.746. The Bertz CT molecular complexity index is 562. The molecule has 2 rings (SSSR count). The van der Waals surface area contributed by atoms with Crippen molar-refractivity contribution in [3.8, 4) is 5.75 Å². The van der Waals surface area contributed by atoms with Crippen molar-refractivity contribution < 1.29 is 28.9 Å². The molecule has 0 unspecified atom stereocenters. The first-order chi connectivity index (χ1) is 11.6. The largest absolute Gasteiger partial charge is 0.493 e. The number of benzene rings is 1. The fourth-order valence-electron chi connectivity index (χ4n) is 2.46. The Kier molecular flexibility index (Phi) is 7.02. The lowest BCUT2D eigenvalue weighted by Gasteiger charge is -2.31. The first kappa shape index (κ1) is 18.2. The SMILES string of the molecule is CCCOc1ccccc1C(=O)N[C@@H]1CCOC[C@H]1OCC(=O)O. The van der Waals surface area contributed by atoms with Gasteiger partial charge in [-0.2, -0.15) is 0 Å². The highest BCUT2D eigenvalue weighted by Gasteiger charge is 2.29. The van der Waals surface area contributed by atoms with Gasteiger partial charge in [0.25, 0.3) is 5.91 Å². The molecule has 0 spiro atoms. The molecule has 1 fully saturated rings. The van der Waals surface area contributed by atoms with Gasteiger partial charge < -0.3 is 24.6 Å². The highest BCUT2D eigenvalue weighted by Crippen LogP contribution is 2.19. The van der Waals surface area contributed by atoms with E-state index in [1.165, 1.54) is 0 Å². The molecule has 1 aliphatic rings. The zero-order chi connectivity index (χ0) is 17.4. The molecule has 0 radical (unpaired) electrons. The number of carbonyl (C=O) groups excluding carboxylic acids is 1. The molecule has 7 nitrogen and oxygen atoms in total. The zero-order valence-corrected chi connectivity index (χ0v) is 13.7. The van der Waals surface area contributed by atoms with Crippen molar-refractivity contribution in [1.29, 1.82) is 0 Å². The van der Waals surface area contributed by atoms with Crippen LogP contribution in [0.5, 0.6) is 5.75 Å². The van der Waals surface area contributed by atoms with E-state index < -0.39 is 18.7 Å². The lowest BCUT2D eigenvalue weighted by atomic mass is 10.0. The van der Waals surface area contributed by atoms with E-state index in [-0.39, 0.29) is 18.6 Å². The summed E-state index contributed by atoms with van der Waals surface area (Å²) in [4.78, 5) is 23.2. The summed E-state index contributed by atoms with van der Waals surface area (Å²) in [6.45, 7) is 2.86. The summed E-state index contributed by atoms with van der Waals surface area (Å²) >= 11 is 0. The summed E-state index contributed by atoms with van der Waals surface area (Å²) < 4.78 is 16.2. The number of hydrogen-bond acceptors (Lipinski definition) is 5. The topological polar surface area (TPSA) is 94.1 Å². The number of hydrogen-bond donors (Lipinski definition) is 2. The van der Waals surface area contributed by atoms with E-state index in [9.17, 15) is 9.59 Å². The second-order valence-electron chi connectivity index (χ2n) is 5.53.